The van der Waals surface area contributed by atoms with Crippen molar-refractivity contribution in [2.75, 3.05) is 0 Å². The number of halogens is 1. The highest BCUT2D eigenvalue weighted by Crippen LogP contribution is 2.40. The number of aryl methyl sites for hydroxylation is 1. The number of Topliss-reactive ketones (excluding diaryl/α,β-unsaturated/α-hetero) is 1. The van der Waals surface area contributed by atoms with E-state index < -0.39 is 0 Å². The molecule has 2 atom stereocenters. The van der Waals surface area contributed by atoms with Crippen molar-refractivity contribution in [3.8, 4) is 0 Å². The van der Waals surface area contributed by atoms with Crippen LogP contribution in [0.1, 0.15) is 42.4 Å². The van der Waals surface area contributed by atoms with Crippen LogP contribution in [0, 0.1) is 18.7 Å². The Hall–Kier alpha value is -2.00. The zero-order valence-electron chi connectivity index (χ0n) is 15.3. The molecule has 2 aromatic rings. The van der Waals surface area contributed by atoms with E-state index >= 15 is 0 Å². The third-order valence-corrected chi connectivity index (χ3v) is 6.16. The molecule has 0 aromatic heterocycles. The van der Waals surface area contributed by atoms with Gasteiger partial charge in [-0.3, -0.25) is 9.69 Å². The second-order valence-electron chi connectivity index (χ2n) is 7.94. The van der Waals surface area contributed by atoms with Crippen LogP contribution >= 0.6 is 0 Å². The zero-order valence-corrected chi connectivity index (χ0v) is 15.3. The van der Waals surface area contributed by atoms with Gasteiger partial charge in [0.2, 0.25) is 0 Å². The average Bonchev–Trinajstić information content (AvgIpc) is 2.87. The number of carbonyl (C=O) groups is 1. The van der Waals surface area contributed by atoms with E-state index in [1.807, 2.05) is 6.07 Å². The van der Waals surface area contributed by atoms with Crippen LogP contribution in [-0.4, -0.2) is 22.8 Å². The molecule has 26 heavy (non-hydrogen) atoms. The summed E-state index contributed by atoms with van der Waals surface area (Å²) in [5.41, 5.74) is 2.79. The van der Waals surface area contributed by atoms with E-state index in [4.69, 9.17) is 0 Å². The summed E-state index contributed by atoms with van der Waals surface area (Å²) >= 11 is 0. The predicted octanol–water partition coefficient (Wildman–Crippen LogP) is 4.69. The molecular weight excluding hydrogens is 325 g/mol. The van der Waals surface area contributed by atoms with Gasteiger partial charge in [0.1, 0.15) is 11.6 Å². The van der Waals surface area contributed by atoms with Crippen molar-refractivity contribution in [2.24, 2.45) is 5.92 Å². The Morgan fingerprint density at radius 1 is 1.04 bits per heavy atom. The number of hydrogen-bond acceptors (Lipinski definition) is 2. The number of ketones is 1. The van der Waals surface area contributed by atoms with Gasteiger partial charge in [-0.05, 0) is 55.4 Å². The highest BCUT2D eigenvalue weighted by Gasteiger charge is 2.42. The number of piperidine rings is 1. The monoisotopic (exact) mass is 351 g/mol. The Morgan fingerprint density at radius 2 is 1.73 bits per heavy atom. The fourth-order valence-corrected chi connectivity index (χ4v) is 4.68. The third-order valence-electron chi connectivity index (χ3n) is 6.16. The number of benzene rings is 2. The van der Waals surface area contributed by atoms with Gasteiger partial charge in [0, 0.05) is 31.0 Å². The first-order valence-electron chi connectivity index (χ1n) is 9.67. The van der Waals surface area contributed by atoms with E-state index in [-0.39, 0.29) is 17.5 Å². The van der Waals surface area contributed by atoms with Gasteiger partial charge in [0.05, 0.1) is 0 Å². The molecule has 0 radical (unpaired) electrons. The molecule has 2 aromatic carbocycles. The van der Waals surface area contributed by atoms with Crippen molar-refractivity contribution in [3.05, 3.63) is 71.0 Å². The number of rotatable bonds is 5. The molecule has 0 amide bonds. The van der Waals surface area contributed by atoms with Crippen LogP contribution in [0.3, 0.4) is 0 Å². The van der Waals surface area contributed by atoms with E-state index in [1.54, 1.807) is 13.0 Å². The third kappa shape index (κ3) is 3.59. The van der Waals surface area contributed by atoms with Crippen LogP contribution in [-0.2, 0) is 17.8 Å². The smallest absolute Gasteiger partial charge is 0.140 e. The number of nitrogens with zero attached hydrogens (tertiary/aromatic N) is 1. The lowest BCUT2D eigenvalue weighted by molar-refractivity contribution is -0.124. The van der Waals surface area contributed by atoms with Crippen LogP contribution in [0.15, 0.2) is 48.5 Å². The molecule has 2 aliphatic heterocycles. The van der Waals surface area contributed by atoms with E-state index in [9.17, 15) is 9.18 Å². The van der Waals surface area contributed by atoms with E-state index in [0.29, 0.717) is 24.1 Å². The maximum atomic E-state index is 13.7. The first-order valence-corrected chi connectivity index (χ1v) is 9.67. The van der Waals surface area contributed by atoms with Crippen molar-refractivity contribution >= 4 is 5.78 Å². The molecule has 0 N–H and O–H groups in total. The minimum atomic E-state index is -0.215. The molecule has 136 valence electrons. The molecule has 2 heterocycles. The summed E-state index contributed by atoms with van der Waals surface area (Å²) < 4.78 is 13.7. The summed E-state index contributed by atoms with van der Waals surface area (Å²) in [7, 11) is 0. The SMILES string of the molecule is Cc1ccc(CC(=O)C2CC3CCC(C2)N3Cc2ccccc2)cc1F. The summed E-state index contributed by atoms with van der Waals surface area (Å²) in [6.45, 7) is 2.74. The first kappa shape index (κ1) is 17.4. The van der Waals surface area contributed by atoms with Crippen LogP contribution in [0.5, 0.6) is 0 Å². The summed E-state index contributed by atoms with van der Waals surface area (Å²) in [4.78, 5) is 15.4. The Balaban J connectivity index is 1.40. The van der Waals surface area contributed by atoms with Crippen LogP contribution in [0.25, 0.3) is 0 Å². The molecule has 2 unspecified atom stereocenters. The normalized spacial score (nSPS) is 25.4. The largest absolute Gasteiger partial charge is 0.299 e. The minimum absolute atomic E-state index is 0.129. The molecule has 0 aliphatic carbocycles. The van der Waals surface area contributed by atoms with Crippen molar-refractivity contribution in [1.29, 1.82) is 0 Å². The second-order valence-corrected chi connectivity index (χ2v) is 7.94. The fraction of sp³-hybridized carbons (Fsp3) is 0.435. The van der Waals surface area contributed by atoms with Crippen LogP contribution in [0.2, 0.25) is 0 Å². The number of fused-ring (bicyclic) bond motifs is 2. The van der Waals surface area contributed by atoms with E-state index in [0.717, 1.165) is 24.9 Å². The van der Waals surface area contributed by atoms with Crippen molar-refractivity contribution in [2.45, 2.75) is 57.7 Å². The second kappa shape index (κ2) is 7.32. The van der Waals surface area contributed by atoms with E-state index in [1.165, 1.54) is 24.5 Å². The Bertz CT molecular complexity index is 774. The summed E-state index contributed by atoms with van der Waals surface area (Å²) in [6, 6.07) is 16.8. The molecule has 0 spiro atoms. The lowest BCUT2D eigenvalue weighted by Gasteiger charge is -2.38. The van der Waals surface area contributed by atoms with Gasteiger partial charge in [0.25, 0.3) is 0 Å². The quantitative estimate of drug-likeness (QED) is 0.779. The van der Waals surface area contributed by atoms with Crippen molar-refractivity contribution < 1.29 is 9.18 Å². The van der Waals surface area contributed by atoms with Gasteiger partial charge in [-0.25, -0.2) is 4.39 Å². The molecule has 2 fully saturated rings. The minimum Gasteiger partial charge on any atom is -0.299 e. The van der Waals surface area contributed by atoms with Crippen LogP contribution < -0.4 is 0 Å². The first-order chi connectivity index (χ1) is 12.6. The molecule has 2 saturated heterocycles. The number of hydrogen-bond donors (Lipinski definition) is 0. The zero-order chi connectivity index (χ0) is 18.1. The maximum Gasteiger partial charge on any atom is 0.140 e. The summed E-state index contributed by atoms with van der Waals surface area (Å²) in [6.07, 6.45) is 4.66. The Labute approximate surface area is 155 Å². The molecule has 0 saturated carbocycles. The van der Waals surface area contributed by atoms with Gasteiger partial charge in [-0.15, -0.1) is 0 Å². The van der Waals surface area contributed by atoms with Gasteiger partial charge < -0.3 is 0 Å². The summed E-state index contributed by atoms with van der Waals surface area (Å²) in [5, 5.41) is 0. The molecule has 2 bridgehead atoms. The lowest BCUT2D eigenvalue weighted by Crippen LogP contribution is -2.44. The topological polar surface area (TPSA) is 20.3 Å². The molecular formula is C23H26FNO. The Kier molecular flexibility index (Phi) is 4.90. The lowest BCUT2D eigenvalue weighted by atomic mass is 9.85. The highest BCUT2D eigenvalue weighted by molar-refractivity contribution is 5.83. The van der Waals surface area contributed by atoms with Gasteiger partial charge in [-0.2, -0.15) is 0 Å². The molecule has 3 heteroatoms. The fourth-order valence-electron chi connectivity index (χ4n) is 4.68. The van der Waals surface area contributed by atoms with Crippen molar-refractivity contribution in [3.63, 3.8) is 0 Å². The predicted molar refractivity (Wildman–Crippen MR) is 101 cm³/mol. The molecule has 2 aliphatic rings. The maximum absolute atomic E-state index is 13.7. The van der Waals surface area contributed by atoms with E-state index in [2.05, 4.69) is 35.2 Å². The molecule has 2 nitrogen and oxygen atoms in total. The average molecular weight is 351 g/mol. The van der Waals surface area contributed by atoms with Gasteiger partial charge in [0.15, 0.2) is 0 Å². The van der Waals surface area contributed by atoms with Crippen LogP contribution in [0.4, 0.5) is 4.39 Å². The highest BCUT2D eigenvalue weighted by atomic mass is 19.1. The van der Waals surface area contributed by atoms with Gasteiger partial charge in [-0.1, -0.05) is 42.5 Å². The number of carbonyl (C=O) groups excluding carboxylic acids is 1. The standard InChI is InChI=1S/C23H26FNO/c1-16-7-8-18(11-22(16)24)12-23(26)19-13-20-9-10-21(14-19)25(20)15-17-5-3-2-4-6-17/h2-8,11,19-21H,9-10,12-15H2,1H3. The van der Waals surface area contributed by atoms with Crippen molar-refractivity contribution in [1.82, 2.24) is 4.90 Å². The Morgan fingerprint density at radius 3 is 2.38 bits per heavy atom. The molecule has 4 rings (SSSR count). The van der Waals surface area contributed by atoms with Gasteiger partial charge >= 0.3 is 0 Å². The summed E-state index contributed by atoms with van der Waals surface area (Å²) in [5.74, 6) is 0.196.